The van der Waals surface area contributed by atoms with Crippen molar-refractivity contribution in [2.24, 2.45) is 5.92 Å². The van der Waals surface area contributed by atoms with E-state index in [9.17, 15) is 19.2 Å². The Hall–Kier alpha value is -4.44. The molecule has 0 radical (unpaired) electrons. The molecule has 0 saturated carbocycles. The minimum absolute atomic E-state index is 0.0742. The third-order valence-electron chi connectivity index (χ3n) is 5.58. The topological polar surface area (TPSA) is 134 Å². The van der Waals surface area contributed by atoms with Crippen LogP contribution in [0.2, 0.25) is 0 Å². The number of cyclic esters (lactones) is 1. The summed E-state index contributed by atoms with van der Waals surface area (Å²) >= 11 is 4.85. The van der Waals surface area contributed by atoms with Crippen LogP contribution >= 0.6 is 12.2 Å². The summed E-state index contributed by atoms with van der Waals surface area (Å²) in [6.45, 7) is 0. The molecule has 168 valence electrons. The average molecular weight is 472 g/mol. The van der Waals surface area contributed by atoms with E-state index in [0.29, 0.717) is 5.56 Å². The van der Waals surface area contributed by atoms with Crippen LogP contribution in [0.5, 0.6) is 0 Å². The van der Waals surface area contributed by atoms with Crippen LogP contribution in [0, 0.1) is 10.7 Å². The first kappa shape index (κ1) is 21.4. The van der Waals surface area contributed by atoms with Gasteiger partial charge in [-0.05, 0) is 35.1 Å². The van der Waals surface area contributed by atoms with E-state index in [1.54, 1.807) is 42.5 Å². The highest BCUT2D eigenvalue weighted by Crippen LogP contribution is 2.38. The van der Waals surface area contributed by atoms with Gasteiger partial charge in [0.1, 0.15) is 12.0 Å². The van der Waals surface area contributed by atoms with Crippen molar-refractivity contribution < 1.29 is 23.9 Å². The van der Waals surface area contributed by atoms with Crippen molar-refractivity contribution in [3.8, 4) is 0 Å². The van der Waals surface area contributed by atoms with Crippen molar-refractivity contribution in [3.05, 3.63) is 88.2 Å². The number of fused-ring (bicyclic) bond motifs is 2. The molecule has 0 fully saturated rings. The molecule has 3 N–H and O–H groups in total. The third-order valence-corrected chi connectivity index (χ3v) is 5.77. The molecule has 0 spiro atoms. The molecule has 0 aliphatic carbocycles. The molecule has 2 heterocycles. The van der Waals surface area contributed by atoms with Crippen molar-refractivity contribution in [3.63, 3.8) is 0 Å². The quantitative estimate of drug-likeness (QED) is 0.128. The fraction of sp³-hybridized carbons (Fsp3) is 0.0833. The molecule has 34 heavy (non-hydrogen) atoms. The van der Waals surface area contributed by atoms with Crippen LogP contribution < -0.4 is 5.32 Å². The maximum atomic E-state index is 13.7. The van der Waals surface area contributed by atoms with Gasteiger partial charge in [0, 0.05) is 11.1 Å². The largest absolute Gasteiger partial charge is 0.453 e. The van der Waals surface area contributed by atoms with Gasteiger partial charge in [-0.1, -0.05) is 54.6 Å². The summed E-state index contributed by atoms with van der Waals surface area (Å²) in [4.78, 5) is 56.0. The number of ether oxygens (including phenoxy) is 1. The summed E-state index contributed by atoms with van der Waals surface area (Å²) in [7, 11) is 0. The normalized spacial score (nSPS) is 15.4. The Morgan fingerprint density at radius 3 is 2.47 bits per heavy atom. The van der Waals surface area contributed by atoms with E-state index in [2.05, 4.69) is 20.5 Å². The molecule has 1 amide bonds. The first-order valence-corrected chi connectivity index (χ1v) is 10.7. The highest BCUT2D eigenvalue weighted by Gasteiger charge is 2.46. The molecule has 0 unspecified atom stereocenters. The van der Waals surface area contributed by atoms with E-state index < -0.39 is 35.5 Å². The number of amides is 1. The van der Waals surface area contributed by atoms with Crippen molar-refractivity contribution in [2.75, 3.05) is 5.32 Å². The molecule has 1 aliphatic heterocycles. The number of Topliss-reactive ketones (excluding diaryl/α,β-unsaturated/α-hetero) is 2. The van der Waals surface area contributed by atoms with Gasteiger partial charge in [0.25, 0.3) is 5.91 Å². The van der Waals surface area contributed by atoms with Crippen LogP contribution in [0.15, 0.2) is 66.7 Å². The monoisotopic (exact) mass is 472 g/mol. The van der Waals surface area contributed by atoms with Gasteiger partial charge in [-0.3, -0.25) is 29.9 Å². The molecule has 0 saturated heterocycles. The maximum Gasteiger partial charge on any atom is 0.339 e. The standard InChI is InChI=1S/C24H16N4O5S/c29-18(14-10-9-12-5-1-2-6-13(12)11-14)17(19(30)21(31)25-23-26-24(34)28-27-23)20-15-7-3-4-8-16(15)22(32)33-20/h1-11,17,20H,(H3,25,26,27,28,31,34)/t17-,20+/m0/s1. The van der Waals surface area contributed by atoms with Gasteiger partial charge >= 0.3 is 5.97 Å². The van der Waals surface area contributed by atoms with Crippen molar-refractivity contribution in [1.82, 2.24) is 15.2 Å². The van der Waals surface area contributed by atoms with Crippen LogP contribution in [0.1, 0.15) is 32.4 Å². The number of ketones is 2. The molecule has 1 aromatic heterocycles. The Kier molecular flexibility index (Phi) is 5.34. The molecule has 3 aromatic carbocycles. The van der Waals surface area contributed by atoms with E-state index in [0.717, 1.165) is 10.8 Å². The van der Waals surface area contributed by atoms with Crippen molar-refractivity contribution in [1.29, 1.82) is 0 Å². The third kappa shape index (κ3) is 3.80. The summed E-state index contributed by atoms with van der Waals surface area (Å²) in [5.41, 5.74) is 0.824. The fourth-order valence-corrected chi connectivity index (χ4v) is 4.12. The summed E-state index contributed by atoms with van der Waals surface area (Å²) in [5.74, 6) is -5.16. The van der Waals surface area contributed by atoms with Crippen LogP contribution in [-0.2, 0) is 14.3 Å². The summed E-state index contributed by atoms with van der Waals surface area (Å²) in [6, 6.07) is 18.9. The van der Waals surface area contributed by atoms with Crippen molar-refractivity contribution in [2.45, 2.75) is 6.10 Å². The van der Waals surface area contributed by atoms with Gasteiger partial charge in [0.05, 0.1) is 5.56 Å². The van der Waals surface area contributed by atoms with Gasteiger partial charge < -0.3 is 4.74 Å². The van der Waals surface area contributed by atoms with Crippen LogP contribution in [0.3, 0.4) is 0 Å². The summed E-state index contributed by atoms with van der Waals surface area (Å²) < 4.78 is 5.52. The Morgan fingerprint density at radius 1 is 0.971 bits per heavy atom. The molecule has 1 aliphatic rings. The number of nitrogens with zero attached hydrogens (tertiary/aromatic N) is 1. The molecule has 9 nitrogen and oxygen atoms in total. The number of aromatic nitrogens is 3. The van der Waals surface area contributed by atoms with E-state index in [1.165, 1.54) is 0 Å². The second-order valence-electron chi connectivity index (χ2n) is 7.65. The van der Waals surface area contributed by atoms with Gasteiger partial charge in [0.15, 0.2) is 5.78 Å². The van der Waals surface area contributed by atoms with E-state index >= 15 is 0 Å². The predicted octanol–water partition coefficient (Wildman–Crippen LogP) is 3.54. The minimum atomic E-state index is -1.60. The predicted molar refractivity (Wildman–Crippen MR) is 124 cm³/mol. The number of nitrogens with one attached hydrogen (secondary N) is 3. The Balaban J connectivity index is 1.55. The van der Waals surface area contributed by atoms with Gasteiger partial charge in [-0.25, -0.2) is 4.79 Å². The maximum absolute atomic E-state index is 13.7. The number of anilines is 1. The minimum Gasteiger partial charge on any atom is -0.453 e. The highest BCUT2D eigenvalue weighted by atomic mass is 32.1. The lowest BCUT2D eigenvalue weighted by atomic mass is 9.84. The summed E-state index contributed by atoms with van der Waals surface area (Å²) in [6.07, 6.45) is -1.25. The van der Waals surface area contributed by atoms with E-state index in [-0.39, 0.29) is 21.8 Å². The van der Waals surface area contributed by atoms with Gasteiger partial charge in [-0.2, -0.15) is 4.98 Å². The zero-order chi connectivity index (χ0) is 23.8. The zero-order valence-electron chi connectivity index (χ0n) is 17.4. The lowest BCUT2D eigenvalue weighted by molar-refractivity contribution is -0.138. The molecule has 0 bridgehead atoms. The number of esters is 1. The lowest BCUT2D eigenvalue weighted by Gasteiger charge is -2.21. The number of carbonyl (C=O) groups is 4. The number of H-pyrrole nitrogens is 2. The molecular formula is C24H16N4O5S. The average Bonchev–Trinajstić information content (AvgIpc) is 3.41. The molecule has 5 rings (SSSR count). The Morgan fingerprint density at radius 2 is 1.71 bits per heavy atom. The van der Waals surface area contributed by atoms with Crippen LogP contribution in [-0.4, -0.2) is 38.6 Å². The fourth-order valence-electron chi connectivity index (χ4n) is 3.98. The number of hydrogen-bond donors (Lipinski definition) is 3. The zero-order valence-corrected chi connectivity index (χ0v) is 18.2. The van der Waals surface area contributed by atoms with Crippen LogP contribution in [0.4, 0.5) is 5.95 Å². The summed E-state index contributed by atoms with van der Waals surface area (Å²) in [5, 5.41) is 9.00. The number of carbonyl (C=O) groups excluding carboxylic acids is 4. The highest BCUT2D eigenvalue weighted by molar-refractivity contribution is 7.71. The second-order valence-corrected chi connectivity index (χ2v) is 8.04. The smallest absolute Gasteiger partial charge is 0.339 e. The number of aromatic amines is 2. The first-order chi connectivity index (χ1) is 16.4. The molecule has 4 aromatic rings. The molecular weight excluding hydrogens is 456 g/mol. The lowest BCUT2D eigenvalue weighted by Crippen LogP contribution is -2.38. The van der Waals surface area contributed by atoms with Gasteiger partial charge in [-0.15, -0.1) is 0 Å². The number of hydrogen-bond acceptors (Lipinski definition) is 7. The Labute approximate surface area is 197 Å². The first-order valence-electron chi connectivity index (χ1n) is 10.2. The molecule has 2 atom stereocenters. The Bertz CT molecular complexity index is 1540. The van der Waals surface area contributed by atoms with E-state index in [4.69, 9.17) is 17.0 Å². The van der Waals surface area contributed by atoms with Crippen LogP contribution in [0.25, 0.3) is 10.8 Å². The number of benzene rings is 3. The SMILES string of the molecule is O=C(Nc1nc(=S)[nH][nH]1)C(=O)[C@H](C(=O)c1ccc2ccccc2c1)[C@@H]1OC(=O)c2ccccc21. The van der Waals surface area contributed by atoms with E-state index in [1.807, 2.05) is 24.3 Å². The number of rotatable bonds is 6. The van der Waals surface area contributed by atoms with Crippen molar-refractivity contribution >= 4 is 52.4 Å². The van der Waals surface area contributed by atoms with Gasteiger partial charge in [0.2, 0.25) is 16.5 Å². The second kappa shape index (κ2) is 8.49. The molecule has 10 heteroatoms.